The molecule has 0 bridgehead atoms. The smallest absolute Gasteiger partial charge is 0.416 e. The summed E-state index contributed by atoms with van der Waals surface area (Å²) in [6.45, 7) is 1.75. The summed E-state index contributed by atoms with van der Waals surface area (Å²) >= 11 is 0. The monoisotopic (exact) mass is 430 g/mol. The number of rotatable bonds is 6. The molecule has 0 spiro atoms. The van der Waals surface area contributed by atoms with Crippen molar-refractivity contribution in [1.82, 2.24) is 10.2 Å². The summed E-state index contributed by atoms with van der Waals surface area (Å²) in [7, 11) is 0. The molecule has 8 heteroatoms. The van der Waals surface area contributed by atoms with Crippen molar-refractivity contribution in [3.63, 3.8) is 0 Å². The number of halogens is 3. The van der Waals surface area contributed by atoms with Gasteiger partial charge in [0.25, 0.3) is 5.91 Å². The summed E-state index contributed by atoms with van der Waals surface area (Å²) < 4.78 is 44.0. The Balaban J connectivity index is 1.49. The van der Waals surface area contributed by atoms with Crippen LogP contribution in [-0.4, -0.2) is 48.2 Å². The Bertz CT molecular complexity index is 1080. The molecule has 0 aliphatic carbocycles. The standard InChI is InChI=1S/C23H21F3N2O3/c24-23(25,26)17-5-7-19(8-6-17)31-21-3-1-2-15-12-16(4-9-20(15)21)22(30)28-13-18(14-28)27-10-11-29/h1-9,12,18,27,29H,10-11,13-14H2. The van der Waals surface area contributed by atoms with Crippen LogP contribution in [0.2, 0.25) is 0 Å². The Hall–Kier alpha value is -3.10. The molecule has 0 unspecified atom stereocenters. The van der Waals surface area contributed by atoms with Crippen molar-refractivity contribution in [1.29, 1.82) is 0 Å². The van der Waals surface area contributed by atoms with E-state index in [1.165, 1.54) is 12.1 Å². The van der Waals surface area contributed by atoms with Crippen LogP contribution in [0.5, 0.6) is 11.5 Å². The molecule has 2 N–H and O–H groups in total. The van der Waals surface area contributed by atoms with Gasteiger partial charge >= 0.3 is 6.18 Å². The zero-order chi connectivity index (χ0) is 22.0. The first-order chi connectivity index (χ1) is 14.8. The number of aliphatic hydroxyl groups is 1. The van der Waals surface area contributed by atoms with Gasteiger partial charge in [-0.15, -0.1) is 0 Å². The van der Waals surface area contributed by atoms with E-state index in [1.54, 1.807) is 35.2 Å². The van der Waals surface area contributed by atoms with Crippen LogP contribution in [0.4, 0.5) is 13.2 Å². The number of nitrogens with zero attached hydrogens (tertiary/aromatic N) is 1. The lowest BCUT2D eigenvalue weighted by Crippen LogP contribution is -2.60. The van der Waals surface area contributed by atoms with Crippen molar-refractivity contribution < 1.29 is 27.8 Å². The van der Waals surface area contributed by atoms with Gasteiger partial charge < -0.3 is 20.1 Å². The number of nitrogens with one attached hydrogen (secondary N) is 1. The van der Waals surface area contributed by atoms with Gasteiger partial charge in [-0.05, 0) is 53.9 Å². The number of carbonyl (C=O) groups excluding carboxylic acids is 1. The Labute approximate surface area is 177 Å². The fourth-order valence-electron chi connectivity index (χ4n) is 3.54. The van der Waals surface area contributed by atoms with Gasteiger partial charge in [-0.3, -0.25) is 4.79 Å². The second-order valence-electron chi connectivity index (χ2n) is 7.40. The molecule has 0 atom stereocenters. The molecule has 5 nitrogen and oxygen atoms in total. The zero-order valence-electron chi connectivity index (χ0n) is 16.5. The lowest BCUT2D eigenvalue weighted by molar-refractivity contribution is -0.137. The highest BCUT2D eigenvalue weighted by Gasteiger charge is 2.31. The molecule has 1 aliphatic heterocycles. The fourth-order valence-corrected chi connectivity index (χ4v) is 3.54. The third-order valence-electron chi connectivity index (χ3n) is 5.21. The maximum absolute atomic E-state index is 12.7. The molecule has 1 fully saturated rings. The normalized spacial score (nSPS) is 14.5. The third kappa shape index (κ3) is 4.65. The minimum atomic E-state index is -4.40. The maximum atomic E-state index is 12.7. The van der Waals surface area contributed by atoms with Crippen LogP contribution in [0.3, 0.4) is 0 Å². The van der Waals surface area contributed by atoms with E-state index in [2.05, 4.69) is 5.32 Å². The molecule has 3 aromatic carbocycles. The molecule has 1 heterocycles. The summed E-state index contributed by atoms with van der Waals surface area (Å²) in [6.07, 6.45) is -4.40. The number of benzene rings is 3. The van der Waals surface area contributed by atoms with Crippen molar-refractivity contribution in [2.24, 2.45) is 0 Å². The van der Waals surface area contributed by atoms with E-state index in [1.807, 2.05) is 6.07 Å². The molecule has 1 amide bonds. The second-order valence-corrected chi connectivity index (χ2v) is 7.40. The number of aliphatic hydroxyl groups excluding tert-OH is 1. The van der Waals surface area contributed by atoms with E-state index in [0.717, 1.165) is 22.9 Å². The van der Waals surface area contributed by atoms with Gasteiger partial charge in [-0.25, -0.2) is 0 Å². The van der Waals surface area contributed by atoms with E-state index < -0.39 is 11.7 Å². The van der Waals surface area contributed by atoms with E-state index in [4.69, 9.17) is 9.84 Å². The average Bonchev–Trinajstić information content (AvgIpc) is 2.72. The number of amides is 1. The predicted octanol–water partition coefficient (Wildman–Crippen LogP) is 4.06. The van der Waals surface area contributed by atoms with Crippen LogP contribution in [0.25, 0.3) is 10.8 Å². The van der Waals surface area contributed by atoms with Gasteiger partial charge in [-0.2, -0.15) is 13.2 Å². The molecule has 4 rings (SSSR count). The SMILES string of the molecule is O=C(c1ccc2c(Oc3ccc(C(F)(F)F)cc3)cccc2c1)N1CC(NCCO)C1. The Morgan fingerprint density at radius 1 is 1.10 bits per heavy atom. The molecule has 1 saturated heterocycles. The largest absolute Gasteiger partial charge is 0.457 e. The Kier molecular flexibility index (Phi) is 5.84. The first-order valence-electron chi connectivity index (χ1n) is 9.86. The topological polar surface area (TPSA) is 61.8 Å². The summed E-state index contributed by atoms with van der Waals surface area (Å²) in [6, 6.07) is 15.4. The van der Waals surface area contributed by atoms with Gasteiger partial charge in [0.2, 0.25) is 0 Å². The van der Waals surface area contributed by atoms with E-state index in [-0.39, 0.29) is 18.6 Å². The zero-order valence-corrected chi connectivity index (χ0v) is 16.5. The third-order valence-corrected chi connectivity index (χ3v) is 5.21. The van der Waals surface area contributed by atoms with E-state index in [0.29, 0.717) is 36.7 Å². The minimum absolute atomic E-state index is 0.0615. The molecule has 0 radical (unpaired) electrons. The summed E-state index contributed by atoms with van der Waals surface area (Å²) in [5.74, 6) is 0.717. The van der Waals surface area contributed by atoms with Crippen LogP contribution in [-0.2, 0) is 6.18 Å². The Morgan fingerprint density at radius 3 is 2.52 bits per heavy atom. The molecule has 162 valence electrons. The number of alkyl halides is 3. The lowest BCUT2D eigenvalue weighted by atomic mass is 10.0. The van der Waals surface area contributed by atoms with Gasteiger partial charge in [0.05, 0.1) is 12.2 Å². The van der Waals surface area contributed by atoms with Gasteiger partial charge in [-0.1, -0.05) is 12.1 Å². The molecular weight excluding hydrogens is 409 g/mol. The second kappa shape index (κ2) is 8.56. The van der Waals surface area contributed by atoms with Crippen molar-refractivity contribution in [2.45, 2.75) is 12.2 Å². The lowest BCUT2D eigenvalue weighted by Gasteiger charge is -2.39. The number of likely N-dealkylation sites (tertiary alicyclic amines) is 1. The van der Waals surface area contributed by atoms with Gasteiger partial charge in [0.15, 0.2) is 0 Å². The van der Waals surface area contributed by atoms with Gasteiger partial charge in [0, 0.05) is 36.6 Å². The predicted molar refractivity (Wildman–Crippen MR) is 110 cm³/mol. The number of hydrogen-bond acceptors (Lipinski definition) is 4. The highest BCUT2D eigenvalue weighted by molar-refractivity contribution is 6.00. The van der Waals surface area contributed by atoms with Crippen molar-refractivity contribution in [2.75, 3.05) is 26.2 Å². The van der Waals surface area contributed by atoms with Crippen molar-refractivity contribution in [3.05, 3.63) is 71.8 Å². The Morgan fingerprint density at radius 2 is 1.84 bits per heavy atom. The van der Waals surface area contributed by atoms with Crippen LogP contribution >= 0.6 is 0 Å². The number of fused-ring (bicyclic) bond motifs is 1. The van der Waals surface area contributed by atoms with Crippen LogP contribution < -0.4 is 10.1 Å². The van der Waals surface area contributed by atoms with Crippen LogP contribution in [0, 0.1) is 0 Å². The van der Waals surface area contributed by atoms with E-state index >= 15 is 0 Å². The highest BCUT2D eigenvalue weighted by Crippen LogP contribution is 2.34. The number of ether oxygens (including phenoxy) is 1. The highest BCUT2D eigenvalue weighted by atomic mass is 19.4. The summed E-state index contributed by atoms with van der Waals surface area (Å²) in [4.78, 5) is 14.4. The summed E-state index contributed by atoms with van der Waals surface area (Å²) in [5, 5.41) is 13.6. The number of hydrogen-bond donors (Lipinski definition) is 2. The molecule has 1 aliphatic rings. The van der Waals surface area contributed by atoms with Crippen LogP contribution in [0.1, 0.15) is 15.9 Å². The van der Waals surface area contributed by atoms with Crippen LogP contribution in [0.15, 0.2) is 60.7 Å². The fraction of sp³-hybridized carbons (Fsp3) is 0.261. The molecule has 0 saturated carbocycles. The van der Waals surface area contributed by atoms with Crippen molar-refractivity contribution >= 4 is 16.7 Å². The first-order valence-corrected chi connectivity index (χ1v) is 9.86. The molecular formula is C23H21F3N2O3. The number of carbonyl (C=O) groups is 1. The summed E-state index contributed by atoms with van der Waals surface area (Å²) in [5.41, 5.74) is -0.180. The molecule has 31 heavy (non-hydrogen) atoms. The molecule has 3 aromatic rings. The van der Waals surface area contributed by atoms with E-state index in [9.17, 15) is 18.0 Å². The first kappa shape index (κ1) is 21.1. The average molecular weight is 430 g/mol. The van der Waals surface area contributed by atoms with Crippen molar-refractivity contribution in [3.8, 4) is 11.5 Å². The quantitative estimate of drug-likeness (QED) is 0.619. The molecule has 0 aromatic heterocycles. The van der Waals surface area contributed by atoms with Gasteiger partial charge in [0.1, 0.15) is 11.5 Å². The minimum Gasteiger partial charge on any atom is -0.457 e. The maximum Gasteiger partial charge on any atom is 0.416 e.